The zero-order valence-electron chi connectivity index (χ0n) is 12.2. The van der Waals surface area contributed by atoms with E-state index < -0.39 is 32.5 Å². The molecule has 1 fully saturated rings. The van der Waals surface area contributed by atoms with E-state index in [1.807, 2.05) is 0 Å². The number of piperidine rings is 1. The maximum absolute atomic E-state index is 14.6. The molecular formula is C15H17F4NO2S. The quantitative estimate of drug-likeness (QED) is 0.669. The van der Waals surface area contributed by atoms with Crippen molar-refractivity contribution >= 4 is 9.84 Å². The largest absolute Gasteiger partial charge is 0.409 e. The summed E-state index contributed by atoms with van der Waals surface area (Å²) in [6, 6.07) is 4.06. The van der Waals surface area contributed by atoms with Gasteiger partial charge in [-0.2, -0.15) is 13.2 Å². The molecule has 0 bridgehead atoms. The van der Waals surface area contributed by atoms with Crippen LogP contribution in [0.4, 0.5) is 17.6 Å². The van der Waals surface area contributed by atoms with E-state index in [0.717, 1.165) is 19.2 Å². The average molecular weight is 351 g/mol. The van der Waals surface area contributed by atoms with Crippen molar-refractivity contribution in [3.8, 4) is 0 Å². The number of hydrogen-bond donors (Lipinski definition) is 1. The van der Waals surface area contributed by atoms with E-state index in [9.17, 15) is 26.0 Å². The van der Waals surface area contributed by atoms with Crippen LogP contribution in [0.25, 0.3) is 0 Å². The maximum Gasteiger partial charge on any atom is 0.409 e. The molecule has 0 amide bonds. The Bertz CT molecular complexity index is 677. The molecule has 23 heavy (non-hydrogen) atoms. The van der Waals surface area contributed by atoms with Crippen LogP contribution >= 0.6 is 0 Å². The minimum absolute atomic E-state index is 0.0860. The summed E-state index contributed by atoms with van der Waals surface area (Å²) in [6.07, 6.45) is -2.88. The van der Waals surface area contributed by atoms with Crippen LogP contribution in [-0.4, -0.2) is 33.4 Å². The van der Waals surface area contributed by atoms with Crippen molar-refractivity contribution in [1.29, 1.82) is 0 Å². The van der Waals surface area contributed by atoms with Crippen molar-refractivity contribution in [1.82, 2.24) is 5.32 Å². The van der Waals surface area contributed by atoms with Gasteiger partial charge in [-0.25, -0.2) is 12.8 Å². The number of hydrogen-bond acceptors (Lipinski definition) is 3. The molecule has 0 unspecified atom stereocenters. The molecule has 1 aromatic carbocycles. The molecule has 1 aromatic rings. The molecule has 0 saturated carbocycles. The monoisotopic (exact) mass is 351 g/mol. The van der Waals surface area contributed by atoms with Crippen LogP contribution in [0, 0.1) is 5.82 Å². The van der Waals surface area contributed by atoms with E-state index in [1.54, 1.807) is 0 Å². The van der Waals surface area contributed by atoms with Gasteiger partial charge in [-0.15, -0.1) is 0 Å². The standard InChI is InChI=1S/C15H17F4NO2S/c16-14-12(11-5-8-20-9-6-11)3-1-4-13(14)23(21,22)10-2-7-15(17,18)19/h1-4,7,11,20H,5-6,8-10H2. The third-order valence-corrected chi connectivity index (χ3v) is 5.35. The molecule has 8 heteroatoms. The fraction of sp³-hybridized carbons (Fsp3) is 0.467. The SMILES string of the molecule is O=S(=O)(CC=CC(F)(F)F)c1cccc(C2CCNCC2)c1F. The first kappa shape index (κ1) is 17.9. The van der Waals surface area contributed by atoms with E-state index in [-0.39, 0.29) is 12.0 Å². The van der Waals surface area contributed by atoms with Crippen LogP contribution in [0.3, 0.4) is 0 Å². The van der Waals surface area contributed by atoms with Gasteiger partial charge in [-0.3, -0.25) is 0 Å². The van der Waals surface area contributed by atoms with Crippen LogP contribution in [0.5, 0.6) is 0 Å². The number of rotatable bonds is 4. The molecule has 3 nitrogen and oxygen atoms in total. The molecule has 1 aliphatic heterocycles. The van der Waals surface area contributed by atoms with Crippen LogP contribution in [0.15, 0.2) is 35.2 Å². The molecule has 0 atom stereocenters. The Balaban J connectivity index is 2.26. The molecule has 128 valence electrons. The van der Waals surface area contributed by atoms with Gasteiger partial charge >= 0.3 is 6.18 Å². The topological polar surface area (TPSA) is 46.2 Å². The van der Waals surface area contributed by atoms with Gasteiger partial charge in [0.2, 0.25) is 0 Å². The summed E-state index contributed by atoms with van der Waals surface area (Å²) in [5.41, 5.74) is 0.312. The van der Waals surface area contributed by atoms with E-state index in [4.69, 9.17) is 0 Å². The van der Waals surface area contributed by atoms with Crippen molar-refractivity contribution in [3.05, 3.63) is 41.7 Å². The Hall–Kier alpha value is -1.41. The molecule has 0 aromatic heterocycles. The fourth-order valence-electron chi connectivity index (χ4n) is 2.61. The predicted molar refractivity (Wildman–Crippen MR) is 78.5 cm³/mol. The van der Waals surface area contributed by atoms with Gasteiger partial charge < -0.3 is 5.32 Å². The molecule has 1 N–H and O–H groups in total. The number of sulfone groups is 1. The Morgan fingerprint density at radius 3 is 2.48 bits per heavy atom. The number of benzene rings is 1. The number of halogens is 4. The second kappa shape index (κ2) is 7.00. The van der Waals surface area contributed by atoms with Crippen molar-refractivity contribution in [2.75, 3.05) is 18.8 Å². The minimum Gasteiger partial charge on any atom is -0.317 e. The van der Waals surface area contributed by atoms with Gasteiger partial charge in [-0.1, -0.05) is 18.2 Å². The third kappa shape index (κ3) is 4.78. The Morgan fingerprint density at radius 1 is 1.22 bits per heavy atom. The van der Waals surface area contributed by atoms with Crippen molar-refractivity contribution in [3.63, 3.8) is 0 Å². The molecule has 1 aliphatic rings. The first-order valence-corrected chi connectivity index (χ1v) is 8.82. The maximum atomic E-state index is 14.6. The zero-order chi connectivity index (χ0) is 17.1. The van der Waals surface area contributed by atoms with Gasteiger partial charge in [-0.05, 0) is 43.5 Å². The molecule has 0 spiro atoms. The highest BCUT2D eigenvalue weighted by Gasteiger charge is 2.26. The first-order valence-electron chi connectivity index (χ1n) is 7.17. The lowest BCUT2D eigenvalue weighted by Crippen LogP contribution is -2.27. The van der Waals surface area contributed by atoms with Crippen molar-refractivity contribution in [2.24, 2.45) is 0 Å². The summed E-state index contributed by atoms with van der Waals surface area (Å²) in [4.78, 5) is -0.541. The van der Waals surface area contributed by atoms with Crippen LogP contribution in [0.2, 0.25) is 0 Å². The van der Waals surface area contributed by atoms with E-state index in [2.05, 4.69) is 5.32 Å². The van der Waals surface area contributed by atoms with Crippen molar-refractivity contribution < 1.29 is 26.0 Å². The molecule has 1 saturated heterocycles. The lowest BCUT2D eigenvalue weighted by Gasteiger charge is -2.24. The second-order valence-electron chi connectivity index (χ2n) is 5.41. The molecule has 2 rings (SSSR count). The Labute approximate surface area is 132 Å². The summed E-state index contributed by atoms with van der Waals surface area (Å²) in [6.45, 7) is 1.44. The average Bonchev–Trinajstić information content (AvgIpc) is 2.46. The fourth-order valence-corrected chi connectivity index (χ4v) is 3.82. The predicted octanol–water partition coefficient (Wildman–Crippen LogP) is 3.18. The van der Waals surface area contributed by atoms with Gasteiger partial charge in [0.05, 0.1) is 5.75 Å². The van der Waals surface area contributed by atoms with Crippen LogP contribution < -0.4 is 5.32 Å². The molecule has 0 radical (unpaired) electrons. The normalized spacial score (nSPS) is 17.7. The van der Waals surface area contributed by atoms with Crippen molar-refractivity contribution in [2.45, 2.75) is 29.8 Å². The first-order chi connectivity index (χ1) is 10.7. The number of nitrogens with one attached hydrogen (secondary N) is 1. The Morgan fingerprint density at radius 2 is 1.87 bits per heavy atom. The summed E-state index contributed by atoms with van der Waals surface area (Å²) in [5.74, 6) is -1.82. The number of alkyl halides is 3. The van der Waals surface area contributed by atoms with E-state index in [1.165, 1.54) is 12.1 Å². The van der Waals surface area contributed by atoms with Crippen LogP contribution in [0.1, 0.15) is 24.3 Å². The molecule has 1 heterocycles. The second-order valence-corrected chi connectivity index (χ2v) is 7.41. The third-order valence-electron chi connectivity index (χ3n) is 3.73. The molecule has 0 aliphatic carbocycles. The number of allylic oxidation sites excluding steroid dienone is 1. The highest BCUT2D eigenvalue weighted by Crippen LogP contribution is 2.30. The van der Waals surface area contributed by atoms with E-state index >= 15 is 0 Å². The Kier molecular flexibility index (Phi) is 5.46. The molecular weight excluding hydrogens is 334 g/mol. The lowest BCUT2D eigenvalue weighted by atomic mass is 9.90. The van der Waals surface area contributed by atoms with Gasteiger partial charge in [0.25, 0.3) is 0 Å². The highest BCUT2D eigenvalue weighted by molar-refractivity contribution is 7.91. The van der Waals surface area contributed by atoms with Gasteiger partial charge in [0.1, 0.15) is 10.7 Å². The summed E-state index contributed by atoms with van der Waals surface area (Å²) < 4.78 is 74.9. The summed E-state index contributed by atoms with van der Waals surface area (Å²) in [5, 5.41) is 3.13. The lowest BCUT2D eigenvalue weighted by molar-refractivity contribution is -0.0799. The van der Waals surface area contributed by atoms with Crippen LogP contribution in [-0.2, 0) is 9.84 Å². The minimum atomic E-state index is -4.59. The highest BCUT2D eigenvalue weighted by atomic mass is 32.2. The summed E-state index contributed by atoms with van der Waals surface area (Å²) in [7, 11) is -4.15. The summed E-state index contributed by atoms with van der Waals surface area (Å²) >= 11 is 0. The van der Waals surface area contributed by atoms with Gasteiger partial charge in [0, 0.05) is 6.08 Å². The zero-order valence-corrected chi connectivity index (χ0v) is 13.1. The van der Waals surface area contributed by atoms with E-state index in [0.29, 0.717) is 24.5 Å². The van der Waals surface area contributed by atoms with Gasteiger partial charge in [0.15, 0.2) is 9.84 Å². The smallest absolute Gasteiger partial charge is 0.317 e.